The zero-order valence-electron chi connectivity index (χ0n) is 24.8. The summed E-state index contributed by atoms with van der Waals surface area (Å²) in [6.45, 7) is 1.29. The third-order valence-corrected chi connectivity index (χ3v) is 8.08. The molecule has 2 aliphatic rings. The highest BCUT2D eigenvalue weighted by molar-refractivity contribution is 6.17. The van der Waals surface area contributed by atoms with Crippen molar-refractivity contribution in [3.05, 3.63) is 82.7 Å². The van der Waals surface area contributed by atoms with Gasteiger partial charge in [-0.25, -0.2) is 9.97 Å². The molecule has 9 nitrogen and oxygen atoms in total. The van der Waals surface area contributed by atoms with Crippen LogP contribution in [0.25, 0.3) is 6.08 Å². The van der Waals surface area contributed by atoms with Crippen LogP contribution in [-0.4, -0.2) is 51.5 Å². The number of nitrogen functional groups attached to an aromatic ring is 1. The van der Waals surface area contributed by atoms with Crippen molar-refractivity contribution in [3.8, 4) is 0 Å². The molecule has 0 saturated carbocycles. The van der Waals surface area contributed by atoms with E-state index in [-0.39, 0.29) is 34.9 Å². The number of fused-ring (bicyclic) bond motifs is 3. The molecule has 4 heterocycles. The first-order chi connectivity index (χ1) is 21.6. The predicted octanol–water partition coefficient (Wildman–Crippen LogP) is 6.52. The lowest BCUT2D eigenvalue weighted by molar-refractivity contribution is -0.137. The number of nitrogens with two attached hydrogens (primary N) is 1. The summed E-state index contributed by atoms with van der Waals surface area (Å²) in [5.74, 6) is -0.532. The van der Waals surface area contributed by atoms with Crippen LogP contribution in [0.5, 0.6) is 0 Å². The molecule has 1 aromatic carbocycles. The van der Waals surface area contributed by atoms with Gasteiger partial charge in [0, 0.05) is 54.6 Å². The number of carbonyl (C=O) groups is 2. The Bertz CT molecular complexity index is 1590. The van der Waals surface area contributed by atoms with E-state index in [0.717, 1.165) is 75.4 Å². The topological polar surface area (TPSA) is 137 Å². The monoisotopic (exact) mass is 619 g/mol. The number of allylic oxidation sites excluding steroid dienone is 1. The van der Waals surface area contributed by atoms with Gasteiger partial charge in [0.05, 0.1) is 22.5 Å². The average Bonchev–Trinajstić information content (AvgIpc) is 3.03. The summed E-state index contributed by atoms with van der Waals surface area (Å²) in [7, 11) is 0. The Balaban J connectivity index is 1.41. The fraction of sp³-hybridized carbons (Fsp3) is 0.364. The molecule has 2 aromatic heterocycles. The lowest BCUT2D eigenvalue weighted by Crippen LogP contribution is -2.45. The number of hydrogen-bond donors (Lipinski definition) is 4. The van der Waals surface area contributed by atoms with Crippen LogP contribution in [0.15, 0.2) is 54.9 Å². The zero-order chi connectivity index (χ0) is 32.0. The van der Waals surface area contributed by atoms with Crippen LogP contribution < -0.4 is 16.4 Å². The number of alkyl halides is 3. The molecule has 45 heavy (non-hydrogen) atoms. The van der Waals surface area contributed by atoms with Gasteiger partial charge in [-0.15, -0.1) is 0 Å². The van der Waals surface area contributed by atoms with Gasteiger partial charge in [-0.1, -0.05) is 37.1 Å². The molecule has 2 aliphatic heterocycles. The molecule has 5 rings (SSSR count). The average molecular weight is 620 g/mol. The lowest BCUT2D eigenvalue weighted by Gasteiger charge is -2.34. The summed E-state index contributed by atoms with van der Waals surface area (Å²) < 4.78 is 39.2. The second kappa shape index (κ2) is 13.9. The van der Waals surface area contributed by atoms with E-state index in [1.54, 1.807) is 18.3 Å². The molecule has 0 aliphatic carbocycles. The first kappa shape index (κ1) is 31.7. The quantitative estimate of drug-likeness (QED) is 0.246. The first-order valence-corrected chi connectivity index (χ1v) is 15.1. The molecular formula is C33H36F3N7O2. The Hall–Kier alpha value is -4.74. The van der Waals surface area contributed by atoms with Crippen molar-refractivity contribution in [2.75, 3.05) is 29.5 Å². The van der Waals surface area contributed by atoms with Crippen LogP contribution in [0.2, 0.25) is 0 Å². The summed E-state index contributed by atoms with van der Waals surface area (Å²) in [5, 5.41) is 15.1. The van der Waals surface area contributed by atoms with Crippen molar-refractivity contribution in [3.63, 3.8) is 0 Å². The van der Waals surface area contributed by atoms with Crippen LogP contribution in [0.1, 0.15) is 84.0 Å². The van der Waals surface area contributed by atoms with Crippen LogP contribution in [0.4, 0.5) is 30.5 Å². The highest BCUT2D eigenvalue weighted by atomic mass is 19.4. The lowest BCUT2D eigenvalue weighted by atomic mass is 9.96. The van der Waals surface area contributed by atoms with E-state index in [0.29, 0.717) is 29.8 Å². The van der Waals surface area contributed by atoms with Gasteiger partial charge in [0.1, 0.15) is 11.6 Å². The minimum Gasteiger partial charge on any atom is -0.383 e. The summed E-state index contributed by atoms with van der Waals surface area (Å²) in [6.07, 6.45) is 9.30. The maximum atomic E-state index is 13.1. The Morgan fingerprint density at radius 2 is 1.80 bits per heavy atom. The number of halogens is 3. The van der Waals surface area contributed by atoms with E-state index >= 15 is 0 Å². The molecule has 5 N–H and O–H groups in total. The fourth-order valence-electron chi connectivity index (χ4n) is 5.66. The summed E-state index contributed by atoms with van der Waals surface area (Å²) in [4.78, 5) is 35.8. The number of rotatable bonds is 4. The number of amides is 2. The predicted molar refractivity (Wildman–Crippen MR) is 168 cm³/mol. The molecule has 1 atom stereocenters. The van der Waals surface area contributed by atoms with E-state index in [1.165, 1.54) is 12.1 Å². The Morgan fingerprint density at radius 3 is 2.58 bits per heavy atom. The number of piperidine rings is 1. The van der Waals surface area contributed by atoms with Crippen LogP contribution >= 0.6 is 0 Å². The normalized spacial score (nSPS) is 18.5. The molecule has 236 valence electrons. The first-order valence-electron chi connectivity index (χ1n) is 15.1. The third kappa shape index (κ3) is 7.86. The molecule has 0 radical (unpaired) electrons. The number of carbonyl (C=O) groups excluding carboxylic acids is 2. The van der Waals surface area contributed by atoms with Gasteiger partial charge in [-0.2, -0.15) is 13.2 Å². The van der Waals surface area contributed by atoms with Gasteiger partial charge >= 0.3 is 6.18 Å². The summed E-state index contributed by atoms with van der Waals surface area (Å²) >= 11 is 0. The number of hydrogen-bond acceptors (Lipinski definition) is 7. The minimum absolute atomic E-state index is 0.0381. The SMILES string of the molecule is N=C(c1ccc(C(=O)Nc2cc(C(F)(F)F)ccn2)cc1)c1c(N)ncc2c1NC1CCCN(C1)C(=O)CCCCCC/C=C/2. The van der Waals surface area contributed by atoms with E-state index in [4.69, 9.17) is 11.1 Å². The molecule has 12 heteroatoms. The van der Waals surface area contributed by atoms with Gasteiger partial charge in [-0.3, -0.25) is 15.0 Å². The second-order valence-corrected chi connectivity index (χ2v) is 11.4. The molecule has 2 bridgehead atoms. The maximum absolute atomic E-state index is 13.1. The van der Waals surface area contributed by atoms with Crippen molar-refractivity contribution in [2.45, 2.75) is 63.6 Å². The van der Waals surface area contributed by atoms with Crippen LogP contribution in [-0.2, 0) is 11.0 Å². The number of nitrogens with zero attached hydrogens (tertiary/aromatic N) is 3. The van der Waals surface area contributed by atoms with Gasteiger partial charge in [0.25, 0.3) is 5.91 Å². The second-order valence-electron chi connectivity index (χ2n) is 11.4. The van der Waals surface area contributed by atoms with Gasteiger partial charge in [0.2, 0.25) is 5.91 Å². The standard InChI is InChI=1S/C33H36F3N7O2/c34-33(35,36)24-15-16-39-26(18-24)42-32(45)22-13-11-21(12-14-22)29(37)28-30-23(19-40-31(28)38)8-5-3-1-2-4-6-10-27(44)43-17-7-9-25(20-43)41-30/h5,8,11-16,18-19,25,37,41H,1-4,6-7,9-10,17,20H2,(H2,38,40)(H,39,42,45)/b8-5+,37-29?. The molecule has 2 amide bonds. The van der Waals surface area contributed by atoms with E-state index in [9.17, 15) is 22.8 Å². The summed E-state index contributed by atoms with van der Waals surface area (Å²) in [5.41, 5.74) is 8.06. The number of nitrogens with one attached hydrogen (secondary N) is 3. The fourth-order valence-corrected chi connectivity index (χ4v) is 5.66. The molecule has 0 spiro atoms. The largest absolute Gasteiger partial charge is 0.416 e. The number of anilines is 3. The van der Waals surface area contributed by atoms with Gasteiger partial charge < -0.3 is 21.3 Å². The zero-order valence-corrected chi connectivity index (χ0v) is 24.8. The molecule has 3 aromatic rings. The van der Waals surface area contributed by atoms with Crippen molar-refractivity contribution >= 4 is 40.9 Å². The van der Waals surface area contributed by atoms with Crippen molar-refractivity contribution in [2.24, 2.45) is 0 Å². The van der Waals surface area contributed by atoms with E-state index in [1.807, 2.05) is 11.0 Å². The van der Waals surface area contributed by atoms with E-state index < -0.39 is 17.6 Å². The Kier molecular flexibility index (Phi) is 9.80. The van der Waals surface area contributed by atoms with Crippen LogP contribution in [0, 0.1) is 5.41 Å². The highest BCUT2D eigenvalue weighted by Gasteiger charge is 2.31. The number of pyridine rings is 2. The minimum atomic E-state index is -4.57. The number of benzene rings is 1. The smallest absolute Gasteiger partial charge is 0.383 e. The maximum Gasteiger partial charge on any atom is 0.416 e. The number of aromatic nitrogens is 2. The highest BCUT2D eigenvalue weighted by Crippen LogP contribution is 2.32. The van der Waals surface area contributed by atoms with Gasteiger partial charge in [-0.05, 0) is 56.4 Å². The molecule has 1 fully saturated rings. The summed E-state index contributed by atoms with van der Waals surface area (Å²) in [6, 6.07) is 7.69. The Morgan fingerprint density at radius 1 is 1.04 bits per heavy atom. The molecule has 1 saturated heterocycles. The van der Waals surface area contributed by atoms with Crippen molar-refractivity contribution in [1.82, 2.24) is 14.9 Å². The van der Waals surface area contributed by atoms with E-state index in [2.05, 4.69) is 26.7 Å². The molecule has 1 unspecified atom stereocenters. The van der Waals surface area contributed by atoms with Crippen molar-refractivity contribution in [1.29, 1.82) is 5.41 Å². The van der Waals surface area contributed by atoms with Crippen LogP contribution in [0.3, 0.4) is 0 Å². The Labute approximate surface area is 259 Å². The third-order valence-electron chi connectivity index (χ3n) is 8.08. The van der Waals surface area contributed by atoms with Gasteiger partial charge in [0.15, 0.2) is 0 Å². The van der Waals surface area contributed by atoms with Crippen molar-refractivity contribution < 1.29 is 22.8 Å². The molecular weight excluding hydrogens is 583 g/mol.